The summed E-state index contributed by atoms with van der Waals surface area (Å²) in [6.07, 6.45) is 3.34. The number of hydrogen-bond donors (Lipinski definition) is 1. The highest BCUT2D eigenvalue weighted by Gasteiger charge is 2.41. The van der Waals surface area contributed by atoms with Gasteiger partial charge in [0.05, 0.1) is 17.2 Å². The predicted octanol–water partition coefficient (Wildman–Crippen LogP) is 3.47. The van der Waals surface area contributed by atoms with Crippen LogP contribution in [0.25, 0.3) is 0 Å². The lowest BCUT2D eigenvalue weighted by Gasteiger charge is -2.40. The minimum atomic E-state index is -0.487. The molecule has 2 amide bonds. The third-order valence-corrected chi connectivity index (χ3v) is 5.62. The zero-order valence-corrected chi connectivity index (χ0v) is 16.1. The van der Waals surface area contributed by atoms with Gasteiger partial charge in [0.25, 0.3) is 0 Å². The van der Waals surface area contributed by atoms with Crippen LogP contribution >= 0.6 is 11.6 Å². The van der Waals surface area contributed by atoms with Crippen LogP contribution in [0.4, 0.5) is 10.5 Å². The molecule has 7 heteroatoms. The van der Waals surface area contributed by atoms with Crippen molar-refractivity contribution < 1.29 is 14.3 Å². The molecule has 26 heavy (non-hydrogen) atoms. The largest absolute Gasteiger partial charge is 0.462 e. The van der Waals surface area contributed by atoms with Crippen molar-refractivity contribution in [2.45, 2.75) is 26.2 Å². The molecule has 1 aromatic carbocycles. The van der Waals surface area contributed by atoms with E-state index in [1.54, 1.807) is 25.1 Å². The van der Waals surface area contributed by atoms with Crippen molar-refractivity contribution in [3.63, 3.8) is 0 Å². The summed E-state index contributed by atoms with van der Waals surface area (Å²) in [7, 11) is 2.14. The molecule has 2 saturated heterocycles. The minimum absolute atomic E-state index is 0.129. The molecule has 3 rings (SSSR count). The Balaban J connectivity index is 1.68. The number of nitrogens with one attached hydrogen (secondary N) is 1. The van der Waals surface area contributed by atoms with E-state index in [-0.39, 0.29) is 23.6 Å². The molecular weight excluding hydrogens is 354 g/mol. The molecule has 2 aliphatic heterocycles. The van der Waals surface area contributed by atoms with Gasteiger partial charge >= 0.3 is 12.0 Å². The summed E-state index contributed by atoms with van der Waals surface area (Å²) in [5.74, 6) is -0.487. The minimum Gasteiger partial charge on any atom is -0.462 e. The number of halogens is 1. The van der Waals surface area contributed by atoms with Crippen LogP contribution in [0.1, 0.15) is 36.5 Å². The van der Waals surface area contributed by atoms with Gasteiger partial charge in [-0.25, -0.2) is 9.59 Å². The highest BCUT2D eigenvalue weighted by atomic mass is 35.5. The Labute approximate surface area is 159 Å². The topological polar surface area (TPSA) is 61.9 Å². The van der Waals surface area contributed by atoms with Crippen LogP contribution in [0.2, 0.25) is 5.02 Å². The molecule has 1 spiro atoms. The number of carbonyl (C=O) groups excluding carboxylic acids is 2. The van der Waals surface area contributed by atoms with Crippen LogP contribution in [0.15, 0.2) is 18.2 Å². The molecule has 0 aliphatic carbocycles. The van der Waals surface area contributed by atoms with Crippen LogP contribution in [0.5, 0.6) is 0 Å². The van der Waals surface area contributed by atoms with E-state index in [9.17, 15) is 9.59 Å². The summed E-state index contributed by atoms with van der Waals surface area (Å²) in [4.78, 5) is 28.9. The average Bonchev–Trinajstić information content (AvgIpc) is 2.96. The number of ether oxygens (including phenoxy) is 1. The molecule has 1 atom stereocenters. The van der Waals surface area contributed by atoms with Crippen molar-refractivity contribution in [1.29, 1.82) is 0 Å². The molecule has 0 radical (unpaired) electrons. The number of nitrogens with zero attached hydrogens (tertiary/aromatic N) is 2. The van der Waals surface area contributed by atoms with Gasteiger partial charge in [-0.2, -0.15) is 0 Å². The number of hydrogen-bond acceptors (Lipinski definition) is 4. The van der Waals surface area contributed by atoms with Crippen LogP contribution in [-0.4, -0.2) is 61.6 Å². The van der Waals surface area contributed by atoms with Gasteiger partial charge in [-0.1, -0.05) is 11.6 Å². The van der Waals surface area contributed by atoms with E-state index in [2.05, 4.69) is 17.3 Å². The fourth-order valence-electron chi connectivity index (χ4n) is 4.04. The molecule has 0 saturated carbocycles. The van der Waals surface area contributed by atoms with Gasteiger partial charge in [-0.15, -0.1) is 0 Å². The average molecular weight is 380 g/mol. The van der Waals surface area contributed by atoms with Gasteiger partial charge in [0.2, 0.25) is 0 Å². The number of benzene rings is 1. The lowest BCUT2D eigenvalue weighted by Crippen LogP contribution is -2.48. The summed E-state index contributed by atoms with van der Waals surface area (Å²) < 4.78 is 5.01. The van der Waals surface area contributed by atoms with E-state index in [0.717, 1.165) is 39.0 Å². The van der Waals surface area contributed by atoms with Crippen LogP contribution in [-0.2, 0) is 4.74 Å². The number of esters is 1. The number of rotatable bonds is 3. The molecule has 1 N–H and O–H groups in total. The van der Waals surface area contributed by atoms with Crippen LogP contribution in [0, 0.1) is 5.41 Å². The first-order valence-electron chi connectivity index (χ1n) is 9.14. The Morgan fingerprint density at radius 1 is 1.27 bits per heavy atom. The molecule has 142 valence electrons. The van der Waals surface area contributed by atoms with Gasteiger partial charge in [-0.3, -0.25) is 0 Å². The molecule has 2 aliphatic rings. The monoisotopic (exact) mass is 379 g/mol. The Kier molecular flexibility index (Phi) is 5.73. The first-order valence-corrected chi connectivity index (χ1v) is 9.51. The molecule has 1 aromatic rings. The molecule has 0 unspecified atom stereocenters. The van der Waals surface area contributed by atoms with E-state index >= 15 is 0 Å². The van der Waals surface area contributed by atoms with Crippen LogP contribution in [0.3, 0.4) is 0 Å². The Bertz CT molecular complexity index is 693. The third-order valence-electron chi connectivity index (χ3n) is 5.29. The Morgan fingerprint density at radius 3 is 2.77 bits per heavy atom. The Morgan fingerprint density at radius 2 is 2.08 bits per heavy atom. The number of amides is 2. The van der Waals surface area contributed by atoms with Gasteiger partial charge < -0.3 is 19.9 Å². The predicted molar refractivity (Wildman–Crippen MR) is 102 cm³/mol. The molecule has 0 aromatic heterocycles. The van der Waals surface area contributed by atoms with Gasteiger partial charge in [0.15, 0.2) is 0 Å². The third kappa shape index (κ3) is 4.13. The molecule has 2 heterocycles. The Hall–Kier alpha value is -1.79. The normalized spacial score (nSPS) is 23.3. The van der Waals surface area contributed by atoms with Gasteiger partial charge in [0, 0.05) is 30.7 Å². The summed E-state index contributed by atoms with van der Waals surface area (Å²) in [6, 6.07) is 4.75. The second kappa shape index (κ2) is 7.84. The zero-order valence-electron chi connectivity index (χ0n) is 15.4. The SMILES string of the molecule is CCOC(=O)c1cc(NC(=O)N2CCC[C@@]3(CCN(C)C3)C2)ccc1Cl. The highest BCUT2D eigenvalue weighted by molar-refractivity contribution is 6.33. The van der Waals surface area contributed by atoms with Gasteiger partial charge in [0.1, 0.15) is 0 Å². The van der Waals surface area contributed by atoms with Crippen molar-refractivity contribution in [2.75, 3.05) is 45.2 Å². The summed E-state index contributed by atoms with van der Waals surface area (Å²) in [5.41, 5.74) is 1.03. The number of anilines is 1. The lowest BCUT2D eigenvalue weighted by atomic mass is 9.79. The van der Waals surface area contributed by atoms with Crippen molar-refractivity contribution in [1.82, 2.24) is 9.80 Å². The fraction of sp³-hybridized carbons (Fsp3) is 0.579. The fourth-order valence-corrected chi connectivity index (χ4v) is 4.24. The highest BCUT2D eigenvalue weighted by Crippen LogP contribution is 2.38. The maximum atomic E-state index is 12.7. The number of piperidine rings is 1. The van der Waals surface area contributed by atoms with E-state index in [1.807, 2.05) is 4.90 Å². The lowest BCUT2D eigenvalue weighted by molar-refractivity contribution is 0.0526. The summed E-state index contributed by atoms with van der Waals surface area (Å²) in [5, 5.41) is 3.21. The molecule has 2 fully saturated rings. The summed E-state index contributed by atoms with van der Waals surface area (Å²) in [6.45, 7) is 5.69. The van der Waals surface area contributed by atoms with Crippen LogP contribution < -0.4 is 5.32 Å². The van der Waals surface area contributed by atoms with Crippen molar-refractivity contribution in [3.8, 4) is 0 Å². The zero-order chi connectivity index (χ0) is 18.7. The van der Waals surface area contributed by atoms with E-state index < -0.39 is 5.97 Å². The van der Waals surface area contributed by atoms with E-state index in [4.69, 9.17) is 16.3 Å². The van der Waals surface area contributed by atoms with E-state index in [1.165, 1.54) is 6.42 Å². The second-order valence-corrected chi connectivity index (χ2v) is 7.77. The van der Waals surface area contributed by atoms with Crippen molar-refractivity contribution >= 4 is 29.3 Å². The van der Waals surface area contributed by atoms with Crippen molar-refractivity contribution in [2.24, 2.45) is 5.41 Å². The molecule has 6 nitrogen and oxygen atoms in total. The first-order chi connectivity index (χ1) is 12.4. The number of likely N-dealkylation sites (tertiary alicyclic amines) is 2. The first kappa shape index (κ1) is 19.0. The summed E-state index contributed by atoms with van der Waals surface area (Å²) >= 11 is 6.08. The van der Waals surface area contributed by atoms with E-state index in [0.29, 0.717) is 10.7 Å². The van der Waals surface area contributed by atoms with Crippen molar-refractivity contribution in [3.05, 3.63) is 28.8 Å². The standard InChI is InChI=1S/C19H26ClN3O3/c1-3-26-17(24)15-11-14(5-6-16(15)20)21-18(25)23-9-4-7-19(13-23)8-10-22(2)12-19/h5-6,11H,3-4,7-10,12-13H2,1-2H3,(H,21,25)/t19-/m0/s1. The number of carbonyl (C=O) groups is 2. The second-order valence-electron chi connectivity index (χ2n) is 7.36. The number of urea groups is 1. The quantitative estimate of drug-likeness (QED) is 0.817. The maximum Gasteiger partial charge on any atom is 0.339 e. The molecule has 0 bridgehead atoms. The van der Waals surface area contributed by atoms with Gasteiger partial charge in [-0.05, 0) is 58.0 Å². The maximum absolute atomic E-state index is 12.7. The smallest absolute Gasteiger partial charge is 0.339 e. The molecular formula is C19H26ClN3O3.